The summed E-state index contributed by atoms with van der Waals surface area (Å²) in [5.41, 5.74) is 0.722. The maximum Gasteiger partial charge on any atom is 0.263 e. The van der Waals surface area contributed by atoms with Gasteiger partial charge in [-0.1, -0.05) is 17.4 Å². The number of para-hydroxylation sites is 1. The second-order valence-electron chi connectivity index (χ2n) is 6.45. The van der Waals surface area contributed by atoms with Crippen LogP contribution < -0.4 is 14.9 Å². The van der Waals surface area contributed by atoms with Crippen molar-refractivity contribution in [3.8, 4) is 0 Å². The molecule has 2 aromatic carbocycles. The van der Waals surface area contributed by atoms with Crippen LogP contribution in [-0.4, -0.2) is 37.9 Å². The highest BCUT2D eigenvalue weighted by Crippen LogP contribution is 2.29. The molecule has 0 saturated carbocycles. The van der Waals surface area contributed by atoms with Crippen molar-refractivity contribution >= 4 is 64.8 Å². The molecule has 8 nitrogen and oxygen atoms in total. The molecule has 0 fully saturated rings. The number of nitrogens with one attached hydrogen (secondary N) is 2. The number of halogens is 1. The molecule has 160 valence electrons. The predicted molar refractivity (Wildman–Crippen MR) is 121 cm³/mol. The number of hydrogen-bond donors (Lipinski definition) is 2. The summed E-state index contributed by atoms with van der Waals surface area (Å²) in [4.78, 5) is 22.2. The lowest BCUT2D eigenvalue weighted by molar-refractivity contribution is -0.114. The monoisotopic (exact) mass is 477 g/mol. The van der Waals surface area contributed by atoms with E-state index in [4.69, 9.17) is 0 Å². The molecule has 0 aliphatic rings. The molecule has 4 aromatic rings. The van der Waals surface area contributed by atoms with Gasteiger partial charge in [-0.25, -0.2) is 22.8 Å². The van der Waals surface area contributed by atoms with E-state index in [0.717, 1.165) is 0 Å². The molecule has 0 aliphatic carbocycles. The molecular formula is C19H16FN5O3S3. The van der Waals surface area contributed by atoms with Crippen LogP contribution in [0.25, 0.3) is 10.2 Å². The van der Waals surface area contributed by atoms with Crippen LogP contribution in [0.1, 0.15) is 0 Å². The summed E-state index contributed by atoms with van der Waals surface area (Å²) in [5.74, 6) is -0.726. The predicted octanol–water partition coefficient (Wildman–Crippen LogP) is 3.77. The first-order valence-electron chi connectivity index (χ1n) is 8.90. The van der Waals surface area contributed by atoms with Crippen molar-refractivity contribution in [1.29, 1.82) is 0 Å². The summed E-state index contributed by atoms with van der Waals surface area (Å²) in [6.45, 7) is -0.00685. The molecule has 0 bridgehead atoms. The first kappa shape index (κ1) is 21.2. The number of thiazole rings is 2. The molecule has 2 aromatic heterocycles. The van der Waals surface area contributed by atoms with E-state index in [0.29, 0.717) is 15.5 Å². The van der Waals surface area contributed by atoms with Crippen LogP contribution in [0.4, 0.5) is 20.3 Å². The Bertz CT molecular complexity index is 1320. The summed E-state index contributed by atoms with van der Waals surface area (Å²) in [6.07, 6.45) is 1.50. The molecule has 0 unspecified atom stereocenters. The van der Waals surface area contributed by atoms with Crippen LogP contribution in [-0.2, 0) is 14.8 Å². The van der Waals surface area contributed by atoms with Gasteiger partial charge in [-0.3, -0.25) is 9.52 Å². The minimum absolute atomic E-state index is 0.00685. The maximum absolute atomic E-state index is 13.8. The zero-order chi connectivity index (χ0) is 22.0. The summed E-state index contributed by atoms with van der Waals surface area (Å²) < 4.78 is 41.6. The first-order chi connectivity index (χ1) is 14.8. The number of fused-ring (bicyclic) bond motifs is 1. The van der Waals surface area contributed by atoms with E-state index in [-0.39, 0.29) is 28.0 Å². The molecule has 0 saturated heterocycles. The number of sulfonamides is 1. The van der Waals surface area contributed by atoms with Crippen LogP contribution in [0.5, 0.6) is 0 Å². The van der Waals surface area contributed by atoms with E-state index >= 15 is 0 Å². The number of likely N-dealkylation sites (N-methyl/N-ethyl adjacent to an activating group) is 1. The molecule has 1 amide bonds. The number of nitrogens with zero attached hydrogens (tertiary/aromatic N) is 3. The Kier molecular flexibility index (Phi) is 5.85. The smallest absolute Gasteiger partial charge is 0.263 e. The fourth-order valence-corrected chi connectivity index (χ4v) is 5.44. The topological polar surface area (TPSA) is 104 Å². The van der Waals surface area contributed by atoms with Gasteiger partial charge in [-0.05, 0) is 36.4 Å². The second kappa shape index (κ2) is 8.57. The van der Waals surface area contributed by atoms with E-state index in [9.17, 15) is 17.6 Å². The molecule has 0 radical (unpaired) electrons. The Morgan fingerprint density at radius 2 is 1.97 bits per heavy atom. The SMILES string of the molecule is CN(CC(=O)Nc1ccc(S(=O)(=O)Nc2nccs2)cc1)c1nc2c(F)cccc2s1. The van der Waals surface area contributed by atoms with Gasteiger partial charge in [0.05, 0.1) is 16.1 Å². The molecule has 0 aliphatic heterocycles. The van der Waals surface area contributed by atoms with Crippen molar-refractivity contribution in [2.24, 2.45) is 0 Å². The van der Waals surface area contributed by atoms with Crippen LogP contribution in [0, 0.1) is 5.82 Å². The average Bonchev–Trinajstić information content (AvgIpc) is 3.38. The number of rotatable bonds is 7. The van der Waals surface area contributed by atoms with Crippen LogP contribution in [0.15, 0.2) is 58.9 Å². The average molecular weight is 478 g/mol. The Labute approximate surface area is 185 Å². The van der Waals surface area contributed by atoms with Gasteiger partial charge in [0.2, 0.25) is 5.91 Å². The highest BCUT2D eigenvalue weighted by atomic mass is 32.2. The number of amides is 1. The van der Waals surface area contributed by atoms with Gasteiger partial charge >= 0.3 is 0 Å². The van der Waals surface area contributed by atoms with Crippen molar-refractivity contribution in [3.05, 3.63) is 59.9 Å². The molecule has 0 spiro atoms. The van der Waals surface area contributed by atoms with Gasteiger partial charge in [-0.2, -0.15) is 0 Å². The van der Waals surface area contributed by atoms with Gasteiger partial charge in [0, 0.05) is 24.3 Å². The Hall–Kier alpha value is -3.09. The summed E-state index contributed by atoms with van der Waals surface area (Å²) >= 11 is 2.46. The molecule has 4 rings (SSSR count). The number of benzene rings is 2. The Balaban J connectivity index is 1.39. The highest BCUT2D eigenvalue weighted by molar-refractivity contribution is 7.93. The number of aromatic nitrogens is 2. The largest absolute Gasteiger partial charge is 0.342 e. The molecule has 2 heterocycles. The minimum atomic E-state index is -3.76. The molecule has 2 N–H and O–H groups in total. The maximum atomic E-state index is 13.8. The normalized spacial score (nSPS) is 11.4. The van der Waals surface area contributed by atoms with E-state index in [1.807, 2.05) is 0 Å². The van der Waals surface area contributed by atoms with Crippen molar-refractivity contribution in [1.82, 2.24) is 9.97 Å². The van der Waals surface area contributed by atoms with Gasteiger partial charge in [0.1, 0.15) is 11.3 Å². The fourth-order valence-electron chi connectivity index (χ4n) is 2.72. The fraction of sp³-hybridized carbons (Fsp3) is 0.105. The lowest BCUT2D eigenvalue weighted by Crippen LogP contribution is -2.29. The van der Waals surface area contributed by atoms with Crippen molar-refractivity contribution in [3.63, 3.8) is 0 Å². The summed E-state index contributed by atoms with van der Waals surface area (Å²) in [6, 6.07) is 10.5. The van der Waals surface area contributed by atoms with Gasteiger partial charge in [0.25, 0.3) is 10.0 Å². The second-order valence-corrected chi connectivity index (χ2v) is 10.0. The van der Waals surface area contributed by atoms with E-state index < -0.39 is 15.8 Å². The molecule has 0 atom stereocenters. The zero-order valence-electron chi connectivity index (χ0n) is 16.1. The Morgan fingerprint density at radius 1 is 1.19 bits per heavy atom. The van der Waals surface area contributed by atoms with Crippen molar-refractivity contribution < 1.29 is 17.6 Å². The van der Waals surface area contributed by atoms with Crippen LogP contribution in [0.2, 0.25) is 0 Å². The number of carbonyl (C=O) groups excluding carboxylic acids is 1. The van der Waals surface area contributed by atoms with Gasteiger partial charge < -0.3 is 10.2 Å². The minimum Gasteiger partial charge on any atom is -0.342 e. The van der Waals surface area contributed by atoms with E-state index in [1.165, 1.54) is 59.2 Å². The molecule has 12 heteroatoms. The number of anilines is 3. The standard InChI is InChI=1S/C19H16FN5O3S3/c1-25(19-23-17-14(20)3-2-4-15(17)30-19)11-16(26)22-12-5-7-13(8-6-12)31(27,28)24-18-21-9-10-29-18/h2-10H,11H2,1H3,(H,21,24)(H,22,26). The van der Waals surface area contributed by atoms with Gasteiger partial charge in [-0.15, -0.1) is 11.3 Å². The third kappa shape index (κ3) is 4.81. The van der Waals surface area contributed by atoms with Crippen molar-refractivity contribution in [2.45, 2.75) is 4.90 Å². The van der Waals surface area contributed by atoms with Gasteiger partial charge in [0.15, 0.2) is 10.3 Å². The third-order valence-corrected chi connectivity index (χ3v) is 7.48. The van der Waals surface area contributed by atoms with E-state index in [1.54, 1.807) is 29.5 Å². The van der Waals surface area contributed by atoms with Crippen molar-refractivity contribution in [2.75, 3.05) is 28.5 Å². The number of hydrogen-bond acceptors (Lipinski definition) is 8. The van der Waals surface area contributed by atoms with E-state index in [2.05, 4.69) is 20.0 Å². The first-order valence-corrected chi connectivity index (χ1v) is 12.1. The zero-order valence-corrected chi connectivity index (χ0v) is 18.5. The highest BCUT2D eigenvalue weighted by Gasteiger charge is 2.17. The lowest BCUT2D eigenvalue weighted by atomic mass is 10.3. The third-order valence-electron chi connectivity index (χ3n) is 4.17. The lowest BCUT2D eigenvalue weighted by Gasteiger charge is -2.15. The Morgan fingerprint density at radius 3 is 2.65 bits per heavy atom. The summed E-state index contributed by atoms with van der Waals surface area (Å²) in [5, 5.41) is 5.17. The summed E-state index contributed by atoms with van der Waals surface area (Å²) in [7, 11) is -2.07. The molecule has 31 heavy (non-hydrogen) atoms. The number of carbonyl (C=O) groups is 1. The van der Waals surface area contributed by atoms with Crippen LogP contribution in [0.3, 0.4) is 0 Å². The van der Waals surface area contributed by atoms with Crippen LogP contribution >= 0.6 is 22.7 Å². The quantitative estimate of drug-likeness (QED) is 0.420. The molecular weight excluding hydrogens is 461 g/mol.